The Morgan fingerprint density at radius 1 is 1.23 bits per heavy atom. The zero-order chi connectivity index (χ0) is 18.1. The summed E-state index contributed by atoms with van der Waals surface area (Å²) in [6.45, 7) is 0.450. The number of halogens is 1. The normalized spacial score (nSPS) is 24.7. The van der Waals surface area contributed by atoms with Crippen molar-refractivity contribution in [3.05, 3.63) is 42.0 Å². The van der Waals surface area contributed by atoms with Crippen molar-refractivity contribution in [2.24, 2.45) is 0 Å². The van der Waals surface area contributed by atoms with E-state index < -0.39 is 0 Å². The minimum atomic E-state index is -0.315. The van der Waals surface area contributed by atoms with Gasteiger partial charge in [0.1, 0.15) is 11.5 Å². The average molecular weight is 359 g/mol. The molecule has 2 aromatic rings. The van der Waals surface area contributed by atoms with Crippen molar-refractivity contribution in [3.8, 4) is 0 Å². The number of hydrogen-bond acceptors (Lipinski definition) is 4. The van der Waals surface area contributed by atoms with E-state index in [1.165, 1.54) is 12.1 Å². The summed E-state index contributed by atoms with van der Waals surface area (Å²) in [6, 6.07) is 6.37. The highest BCUT2D eigenvalue weighted by Gasteiger charge is 2.44. The Bertz CT molecular complexity index is 764. The number of anilines is 1. The van der Waals surface area contributed by atoms with Crippen molar-refractivity contribution < 1.29 is 13.9 Å². The second-order valence-electron chi connectivity index (χ2n) is 6.98. The molecule has 4 rings (SSSR count). The lowest BCUT2D eigenvalue weighted by Crippen LogP contribution is -2.48. The van der Waals surface area contributed by atoms with E-state index >= 15 is 0 Å². The molecule has 0 radical (unpaired) electrons. The van der Waals surface area contributed by atoms with Gasteiger partial charge in [-0.1, -0.05) is 5.21 Å². The van der Waals surface area contributed by atoms with Gasteiger partial charge in [-0.15, -0.1) is 5.10 Å². The number of nitrogens with one attached hydrogen (secondary N) is 1. The molecule has 2 fully saturated rings. The first-order valence-electron chi connectivity index (χ1n) is 8.88. The summed E-state index contributed by atoms with van der Waals surface area (Å²) in [4.78, 5) is 14.7. The molecule has 0 aliphatic carbocycles. The summed E-state index contributed by atoms with van der Waals surface area (Å²) >= 11 is 0. The topological polar surface area (TPSA) is 72.3 Å². The molecule has 2 atom stereocenters. The monoisotopic (exact) mass is 359 g/mol. The van der Waals surface area contributed by atoms with Crippen LogP contribution in [0.5, 0.6) is 0 Å². The lowest BCUT2D eigenvalue weighted by atomic mass is 9.98. The predicted molar refractivity (Wildman–Crippen MR) is 93.1 cm³/mol. The molecule has 2 unspecified atom stereocenters. The first kappa shape index (κ1) is 17.0. The van der Waals surface area contributed by atoms with Crippen molar-refractivity contribution in [1.29, 1.82) is 0 Å². The lowest BCUT2D eigenvalue weighted by molar-refractivity contribution is 0.129. The van der Waals surface area contributed by atoms with Gasteiger partial charge in [-0.05, 0) is 49.9 Å². The molecule has 2 bridgehead atoms. The first-order chi connectivity index (χ1) is 12.6. The molecule has 138 valence electrons. The van der Waals surface area contributed by atoms with E-state index in [1.807, 2.05) is 15.8 Å². The third-order valence-electron chi connectivity index (χ3n) is 5.26. The van der Waals surface area contributed by atoms with E-state index in [0.29, 0.717) is 12.3 Å². The van der Waals surface area contributed by atoms with Crippen LogP contribution < -0.4 is 5.32 Å². The summed E-state index contributed by atoms with van der Waals surface area (Å²) in [7, 11) is 1.64. The Kier molecular flexibility index (Phi) is 4.58. The SMILES string of the molecule is COCc1cn(C2CC3CCC(C2)N3C(=O)Nc2ccc(F)cc2)nn1. The molecule has 1 aromatic carbocycles. The fourth-order valence-electron chi connectivity index (χ4n) is 4.12. The molecular weight excluding hydrogens is 337 g/mol. The first-order valence-corrected chi connectivity index (χ1v) is 8.88. The lowest BCUT2D eigenvalue weighted by Gasteiger charge is -2.38. The smallest absolute Gasteiger partial charge is 0.322 e. The number of piperidine rings is 1. The van der Waals surface area contributed by atoms with E-state index in [1.54, 1.807) is 19.2 Å². The molecule has 1 aromatic heterocycles. The fraction of sp³-hybridized carbons (Fsp3) is 0.500. The van der Waals surface area contributed by atoms with Gasteiger partial charge in [-0.3, -0.25) is 0 Å². The van der Waals surface area contributed by atoms with Crippen LogP contribution >= 0.6 is 0 Å². The van der Waals surface area contributed by atoms with Crippen LogP contribution in [0.15, 0.2) is 30.5 Å². The Balaban J connectivity index is 1.42. The van der Waals surface area contributed by atoms with Crippen LogP contribution in [0, 0.1) is 5.82 Å². The molecule has 8 heteroatoms. The molecule has 2 saturated heterocycles. The summed E-state index contributed by atoms with van der Waals surface area (Å²) in [5.74, 6) is -0.315. The zero-order valence-electron chi connectivity index (χ0n) is 14.6. The molecule has 0 spiro atoms. The van der Waals surface area contributed by atoms with Crippen LogP contribution in [0.3, 0.4) is 0 Å². The van der Waals surface area contributed by atoms with Crippen LogP contribution in [0.4, 0.5) is 14.9 Å². The predicted octanol–water partition coefficient (Wildman–Crippen LogP) is 2.96. The molecule has 2 amide bonds. The van der Waals surface area contributed by atoms with Crippen LogP contribution in [0.2, 0.25) is 0 Å². The van der Waals surface area contributed by atoms with Gasteiger partial charge in [-0.25, -0.2) is 13.9 Å². The number of hydrogen-bond donors (Lipinski definition) is 1. The molecule has 26 heavy (non-hydrogen) atoms. The van der Waals surface area contributed by atoms with Crippen molar-refractivity contribution in [2.45, 2.75) is 50.4 Å². The minimum Gasteiger partial charge on any atom is -0.378 e. The van der Waals surface area contributed by atoms with Gasteiger partial charge in [0.2, 0.25) is 0 Å². The maximum absolute atomic E-state index is 13.0. The number of methoxy groups -OCH3 is 1. The largest absolute Gasteiger partial charge is 0.378 e. The highest BCUT2D eigenvalue weighted by atomic mass is 19.1. The maximum Gasteiger partial charge on any atom is 0.322 e. The van der Waals surface area contributed by atoms with Gasteiger partial charge in [-0.2, -0.15) is 0 Å². The quantitative estimate of drug-likeness (QED) is 0.911. The van der Waals surface area contributed by atoms with Crippen molar-refractivity contribution in [3.63, 3.8) is 0 Å². The average Bonchev–Trinajstić information content (AvgIpc) is 3.20. The van der Waals surface area contributed by atoms with E-state index in [9.17, 15) is 9.18 Å². The van der Waals surface area contributed by atoms with Crippen LogP contribution in [-0.4, -0.2) is 45.1 Å². The van der Waals surface area contributed by atoms with Crippen LogP contribution in [0.25, 0.3) is 0 Å². The van der Waals surface area contributed by atoms with Crippen LogP contribution in [-0.2, 0) is 11.3 Å². The Morgan fingerprint density at radius 2 is 1.92 bits per heavy atom. The molecule has 2 aliphatic heterocycles. The number of benzene rings is 1. The maximum atomic E-state index is 13.0. The highest BCUT2D eigenvalue weighted by molar-refractivity contribution is 5.90. The van der Waals surface area contributed by atoms with Gasteiger partial charge < -0.3 is 15.0 Å². The van der Waals surface area contributed by atoms with Crippen molar-refractivity contribution >= 4 is 11.7 Å². The fourth-order valence-corrected chi connectivity index (χ4v) is 4.12. The second-order valence-corrected chi connectivity index (χ2v) is 6.98. The van der Waals surface area contributed by atoms with E-state index in [-0.39, 0.29) is 30.0 Å². The van der Waals surface area contributed by atoms with Gasteiger partial charge in [0.25, 0.3) is 0 Å². The van der Waals surface area contributed by atoms with Gasteiger partial charge in [0.05, 0.1) is 18.8 Å². The summed E-state index contributed by atoms with van der Waals surface area (Å²) in [5.41, 5.74) is 1.43. The minimum absolute atomic E-state index is 0.110. The Morgan fingerprint density at radius 3 is 2.58 bits per heavy atom. The third-order valence-corrected chi connectivity index (χ3v) is 5.26. The molecule has 1 N–H and O–H groups in total. The molecule has 2 aliphatic rings. The number of rotatable bonds is 4. The van der Waals surface area contributed by atoms with E-state index in [2.05, 4.69) is 15.6 Å². The van der Waals surface area contributed by atoms with E-state index in [0.717, 1.165) is 31.4 Å². The number of amides is 2. The molecule has 0 saturated carbocycles. The number of carbonyl (C=O) groups excluding carboxylic acids is 1. The van der Waals surface area contributed by atoms with Crippen molar-refractivity contribution in [2.75, 3.05) is 12.4 Å². The van der Waals surface area contributed by atoms with Crippen molar-refractivity contribution in [1.82, 2.24) is 19.9 Å². The number of urea groups is 1. The number of carbonyl (C=O) groups is 1. The molecule has 3 heterocycles. The molecular formula is C18H22FN5O2. The van der Waals surface area contributed by atoms with E-state index in [4.69, 9.17) is 4.74 Å². The summed E-state index contributed by atoms with van der Waals surface area (Å²) < 4.78 is 20.0. The van der Waals surface area contributed by atoms with Gasteiger partial charge >= 0.3 is 6.03 Å². The third kappa shape index (κ3) is 3.29. The number of nitrogens with zero attached hydrogens (tertiary/aromatic N) is 4. The second kappa shape index (κ2) is 7.03. The number of aromatic nitrogens is 3. The van der Waals surface area contributed by atoms with Gasteiger partial charge in [0.15, 0.2) is 0 Å². The van der Waals surface area contributed by atoms with Gasteiger partial charge in [0, 0.05) is 24.9 Å². The summed E-state index contributed by atoms with van der Waals surface area (Å²) in [6.07, 6.45) is 5.66. The highest BCUT2D eigenvalue weighted by Crippen LogP contribution is 2.40. The Hall–Kier alpha value is -2.48. The number of fused-ring (bicyclic) bond motifs is 2. The standard InChI is InChI=1S/C18H22FN5O2/c1-26-11-14-10-23(22-21-14)17-8-15-6-7-16(9-17)24(15)18(25)20-13-4-2-12(19)3-5-13/h2-5,10,15-17H,6-9,11H2,1H3,(H,20,25). The summed E-state index contributed by atoms with van der Waals surface area (Å²) in [5, 5.41) is 11.3. The molecule has 7 nitrogen and oxygen atoms in total. The zero-order valence-corrected chi connectivity index (χ0v) is 14.6. The van der Waals surface area contributed by atoms with Crippen LogP contribution in [0.1, 0.15) is 37.4 Å². The Labute approximate surface area is 151 Å². The number of ether oxygens (including phenoxy) is 1.